The second-order valence-corrected chi connectivity index (χ2v) is 12.2. The van der Waals surface area contributed by atoms with E-state index in [9.17, 15) is 19.6 Å². The summed E-state index contributed by atoms with van der Waals surface area (Å²) in [5.74, 6) is 0.227. The second-order valence-electron chi connectivity index (χ2n) is 11.0. The van der Waals surface area contributed by atoms with Gasteiger partial charge in [-0.3, -0.25) is 13.9 Å². The van der Waals surface area contributed by atoms with Crippen molar-refractivity contribution >= 4 is 19.5 Å². The number of carbonyl (C=O) groups excluding carboxylic acids is 1. The molecule has 14 heteroatoms. The lowest BCUT2D eigenvalue weighted by Crippen LogP contribution is -2.50. The number of fused-ring (bicyclic) bond motifs is 2. The standard InChI is InChI=1S/C25H42N5O8P/c26-21-16-11-9-7-5-3-1-2-4-6-8-10-12-25(13-16,24(33)29-21)20-22(27)30(15-28-20)23-19(32)18(31)17(38-23)14-37-39(34,35)36/h15,17-19,23,31-32H,1-14,26-27H2,(H,29,33)(H2,34,35,36)/t17?,18?,19?,23?,25-/m1/s1. The highest BCUT2D eigenvalue weighted by atomic mass is 31.2. The fourth-order valence-electron chi connectivity index (χ4n) is 5.99. The first-order valence-corrected chi connectivity index (χ1v) is 15.4. The van der Waals surface area contributed by atoms with E-state index in [0.717, 1.165) is 44.1 Å². The summed E-state index contributed by atoms with van der Waals surface area (Å²) in [6, 6.07) is 0. The minimum Gasteiger partial charge on any atom is -0.387 e. The van der Waals surface area contributed by atoms with Gasteiger partial charge in [-0.05, 0) is 31.3 Å². The van der Waals surface area contributed by atoms with E-state index < -0.39 is 44.4 Å². The van der Waals surface area contributed by atoms with Gasteiger partial charge in [-0.25, -0.2) is 9.55 Å². The van der Waals surface area contributed by atoms with Crippen molar-refractivity contribution in [3.05, 3.63) is 23.4 Å². The topological polar surface area (TPSA) is 215 Å². The van der Waals surface area contributed by atoms with E-state index in [0.29, 0.717) is 24.4 Å². The van der Waals surface area contributed by atoms with Crippen LogP contribution in [0.25, 0.3) is 0 Å². The molecule has 4 unspecified atom stereocenters. The number of rotatable bonds is 5. The predicted molar refractivity (Wildman–Crippen MR) is 142 cm³/mol. The summed E-state index contributed by atoms with van der Waals surface area (Å²) < 4.78 is 22.6. The zero-order valence-electron chi connectivity index (χ0n) is 22.2. The van der Waals surface area contributed by atoms with Gasteiger partial charge in [-0.1, -0.05) is 57.8 Å². The van der Waals surface area contributed by atoms with Crippen LogP contribution < -0.4 is 16.8 Å². The SMILES string of the molecule is NC1=C2CCCCCCCCCCCC[C@](c3ncn(C4OC(COP(=O)(O)O)C(O)C4O)c3N)(C2)C(=O)N1. The molecule has 39 heavy (non-hydrogen) atoms. The number of phosphoric ester groups is 1. The van der Waals surface area contributed by atoms with E-state index in [1.165, 1.54) is 43.0 Å². The molecule has 1 aliphatic carbocycles. The molecule has 1 amide bonds. The van der Waals surface area contributed by atoms with Gasteiger partial charge in [0.1, 0.15) is 30.0 Å². The van der Waals surface area contributed by atoms with E-state index in [1.807, 2.05) is 0 Å². The summed E-state index contributed by atoms with van der Waals surface area (Å²) in [7, 11) is -4.81. The van der Waals surface area contributed by atoms with Crippen LogP contribution in [-0.4, -0.2) is 60.4 Å². The van der Waals surface area contributed by atoms with Gasteiger partial charge in [0.15, 0.2) is 6.23 Å². The lowest BCUT2D eigenvalue weighted by molar-refractivity contribution is -0.127. The highest BCUT2D eigenvalue weighted by molar-refractivity contribution is 7.46. The molecule has 0 spiro atoms. The number of aromatic nitrogens is 2. The molecule has 1 saturated heterocycles. The average Bonchev–Trinajstić information content (AvgIpc) is 3.38. The van der Waals surface area contributed by atoms with Crippen LogP contribution in [0.1, 0.15) is 95.4 Å². The Morgan fingerprint density at radius 2 is 1.67 bits per heavy atom. The number of amides is 1. The zero-order chi connectivity index (χ0) is 28.2. The van der Waals surface area contributed by atoms with Crippen molar-refractivity contribution < 1.29 is 38.6 Å². The number of nitrogens with zero attached hydrogens (tertiary/aromatic N) is 2. The third-order valence-corrected chi connectivity index (χ3v) is 8.70. The van der Waals surface area contributed by atoms with Gasteiger partial charge in [-0.15, -0.1) is 0 Å². The first-order chi connectivity index (χ1) is 18.5. The molecule has 1 aromatic rings. The van der Waals surface area contributed by atoms with Crippen LogP contribution in [0, 0.1) is 0 Å². The maximum Gasteiger partial charge on any atom is 0.469 e. The molecule has 2 fully saturated rings. The maximum absolute atomic E-state index is 13.6. The van der Waals surface area contributed by atoms with E-state index in [2.05, 4.69) is 14.8 Å². The normalized spacial score (nSPS) is 31.9. The minimum absolute atomic E-state index is 0.107. The van der Waals surface area contributed by atoms with Gasteiger partial charge >= 0.3 is 7.82 Å². The lowest BCUT2D eigenvalue weighted by Gasteiger charge is -2.37. The number of hydrogen-bond donors (Lipinski definition) is 7. The molecule has 3 aliphatic rings. The minimum atomic E-state index is -4.81. The Bertz CT molecular complexity index is 1090. The molecule has 4 rings (SSSR count). The van der Waals surface area contributed by atoms with E-state index >= 15 is 0 Å². The molecule has 3 heterocycles. The van der Waals surface area contributed by atoms with Crippen molar-refractivity contribution in [2.45, 2.75) is 113 Å². The van der Waals surface area contributed by atoms with Gasteiger partial charge in [-0.2, -0.15) is 0 Å². The quantitative estimate of drug-likeness (QED) is 0.253. The van der Waals surface area contributed by atoms with Crippen LogP contribution in [-0.2, 0) is 24.0 Å². The highest BCUT2D eigenvalue weighted by Gasteiger charge is 2.49. The van der Waals surface area contributed by atoms with Crippen molar-refractivity contribution in [1.29, 1.82) is 0 Å². The monoisotopic (exact) mass is 571 g/mol. The molecule has 1 aromatic heterocycles. The molecule has 0 radical (unpaired) electrons. The fourth-order valence-corrected chi connectivity index (χ4v) is 6.33. The third-order valence-electron chi connectivity index (χ3n) is 8.21. The molecular weight excluding hydrogens is 529 g/mol. The van der Waals surface area contributed by atoms with Crippen LogP contribution >= 0.6 is 7.82 Å². The molecule has 0 aromatic carbocycles. The van der Waals surface area contributed by atoms with E-state index in [-0.39, 0.29) is 11.7 Å². The number of hydrogen-bond acceptors (Lipinski definition) is 9. The third kappa shape index (κ3) is 6.84. The summed E-state index contributed by atoms with van der Waals surface area (Å²) in [5, 5.41) is 24.0. The number of ether oxygens (including phenoxy) is 1. The number of allylic oxidation sites excluding steroid dienone is 1. The van der Waals surface area contributed by atoms with Crippen LogP contribution in [0.3, 0.4) is 0 Å². The molecule has 5 atom stereocenters. The molecule has 9 N–H and O–H groups in total. The van der Waals surface area contributed by atoms with Crippen molar-refractivity contribution in [3.8, 4) is 0 Å². The van der Waals surface area contributed by atoms with Crippen molar-refractivity contribution in [2.75, 3.05) is 12.3 Å². The van der Waals surface area contributed by atoms with Gasteiger partial charge in [0.05, 0.1) is 24.0 Å². The Kier molecular flexibility index (Phi) is 9.74. The number of nitrogen functional groups attached to an aromatic ring is 1. The number of anilines is 1. The Hall–Kier alpha value is -1.99. The number of carbonyl (C=O) groups is 1. The first kappa shape index (κ1) is 30.0. The summed E-state index contributed by atoms with van der Waals surface area (Å²) in [4.78, 5) is 36.1. The molecule has 13 nitrogen and oxygen atoms in total. The predicted octanol–water partition coefficient (Wildman–Crippen LogP) is 1.82. The van der Waals surface area contributed by atoms with Crippen LogP contribution in [0.2, 0.25) is 0 Å². The van der Waals surface area contributed by atoms with E-state index in [1.54, 1.807) is 0 Å². The summed E-state index contributed by atoms with van der Waals surface area (Å²) >= 11 is 0. The number of nitrogens with one attached hydrogen (secondary N) is 1. The highest BCUT2D eigenvalue weighted by Crippen LogP contribution is 2.44. The van der Waals surface area contributed by atoms with Crippen molar-refractivity contribution in [2.24, 2.45) is 5.73 Å². The van der Waals surface area contributed by atoms with Gasteiger partial charge in [0, 0.05) is 0 Å². The largest absolute Gasteiger partial charge is 0.469 e. The Labute approximate surface area is 228 Å². The Morgan fingerprint density at radius 1 is 1.05 bits per heavy atom. The van der Waals surface area contributed by atoms with Crippen LogP contribution in [0.4, 0.5) is 5.82 Å². The molecule has 2 aliphatic heterocycles. The molecular formula is C25H42N5O8P. The number of imidazole rings is 1. The number of nitrogens with two attached hydrogens (primary N) is 2. The van der Waals surface area contributed by atoms with Crippen LogP contribution in [0.15, 0.2) is 17.7 Å². The Morgan fingerprint density at radius 3 is 2.31 bits per heavy atom. The second kappa shape index (κ2) is 12.7. The lowest BCUT2D eigenvalue weighted by atomic mass is 9.71. The molecule has 2 bridgehead atoms. The van der Waals surface area contributed by atoms with Crippen molar-refractivity contribution in [1.82, 2.24) is 14.9 Å². The average molecular weight is 572 g/mol. The smallest absolute Gasteiger partial charge is 0.387 e. The maximum atomic E-state index is 13.6. The van der Waals surface area contributed by atoms with Gasteiger partial charge in [0.25, 0.3) is 0 Å². The van der Waals surface area contributed by atoms with Gasteiger partial charge in [0.2, 0.25) is 5.91 Å². The van der Waals surface area contributed by atoms with E-state index in [4.69, 9.17) is 26.0 Å². The summed E-state index contributed by atoms with van der Waals surface area (Å²) in [6.07, 6.45) is 8.65. The van der Waals surface area contributed by atoms with Crippen molar-refractivity contribution in [3.63, 3.8) is 0 Å². The number of aliphatic hydroxyl groups is 2. The fraction of sp³-hybridized carbons (Fsp3) is 0.760. The number of phosphoric acid groups is 1. The van der Waals surface area contributed by atoms with Crippen LogP contribution in [0.5, 0.6) is 0 Å². The summed E-state index contributed by atoms with van der Waals surface area (Å²) in [5.41, 5.74) is 13.1. The summed E-state index contributed by atoms with van der Waals surface area (Å²) in [6.45, 7) is -0.639. The molecule has 1 saturated carbocycles. The zero-order valence-corrected chi connectivity index (χ0v) is 23.1. The first-order valence-electron chi connectivity index (χ1n) is 13.9. The van der Waals surface area contributed by atoms with Gasteiger partial charge < -0.3 is 41.5 Å². The Balaban J connectivity index is 1.62. The number of aliphatic hydroxyl groups excluding tert-OH is 2. The molecule has 220 valence electrons.